The van der Waals surface area contributed by atoms with Gasteiger partial charge in [-0.3, -0.25) is 4.79 Å². The zero-order chi connectivity index (χ0) is 6.57. The number of aliphatic carboxylic acids is 1. The Balaban J connectivity index is 3.32. The van der Waals surface area contributed by atoms with E-state index in [4.69, 9.17) is 22.4 Å². The summed E-state index contributed by atoms with van der Waals surface area (Å²) in [4.78, 5) is 9.90. The van der Waals surface area contributed by atoms with Gasteiger partial charge in [0.25, 0.3) is 0 Å². The van der Waals surface area contributed by atoms with Crippen molar-refractivity contribution in [3.05, 3.63) is 0 Å². The lowest BCUT2D eigenvalue weighted by Crippen LogP contribution is -2.17. The van der Waals surface area contributed by atoms with Gasteiger partial charge in [-0.25, -0.2) is 0 Å². The molecule has 0 aromatic carbocycles. The predicted molar refractivity (Wildman–Crippen MR) is 30.9 cm³/mol. The van der Waals surface area contributed by atoms with Crippen LogP contribution in [0.5, 0.6) is 0 Å². The first-order valence-electron chi connectivity index (χ1n) is 2.25. The molecule has 0 unspecified atom stereocenters. The summed E-state index contributed by atoms with van der Waals surface area (Å²) in [6.07, 6.45) is 0.330. The average Bonchev–Trinajstić information content (AvgIpc) is 1.67. The molecule has 0 aliphatic rings. The molecule has 0 aliphatic carbocycles. The summed E-state index contributed by atoms with van der Waals surface area (Å²) in [5, 5.41) is 7.31. The Labute approximate surface area is 52.4 Å². The summed E-state index contributed by atoms with van der Waals surface area (Å²) in [5.74, 6) is -1.00. The van der Waals surface area contributed by atoms with Crippen LogP contribution in [0, 0.1) is 0 Å². The van der Waals surface area contributed by atoms with Crippen LogP contribution in [0.25, 0.3) is 0 Å². The van der Waals surface area contributed by atoms with Gasteiger partial charge in [0.15, 0.2) is 0 Å². The van der Waals surface area contributed by atoms with Gasteiger partial charge >= 0.3 is 5.97 Å². The van der Waals surface area contributed by atoms with Crippen molar-refractivity contribution in [1.29, 1.82) is 0 Å². The molecule has 0 spiro atoms. The Kier molecular flexibility index (Phi) is 3.56. The second-order valence-electron chi connectivity index (χ2n) is 1.38. The molecule has 8 heavy (non-hydrogen) atoms. The average molecular weight is 138 g/mol. The van der Waals surface area contributed by atoms with E-state index in [9.17, 15) is 4.79 Å². The van der Waals surface area contributed by atoms with E-state index in [1.54, 1.807) is 0 Å². The maximum atomic E-state index is 9.90. The zero-order valence-corrected chi connectivity index (χ0v) is 5.06. The summed E-state index contributed by atoms with van der Waals surface area (Å²) in [7, 11) is 0. The highest BCUT2D eigenvalue weighted by atomic mass is 35.5. The van der Waals surface area contributed by atoms with E-state index >= 15 is 0 Å². The quantitative estimate of drug-likeness (QED) is 0.540. The Morgan fingerprint density at radius 3 is 2.50 bits per heavy atom. The van der Waals surface area contributed by atoms with Crippen molar-refractivity contribution in [1.82, 2.24) is 0 Å². The molecule has 0 rings (SSSR count). The topological polar surface area (TPSA) is 63.3 Å². The van der Waals surface area contributed by atoms with Crippen molar-refractivity contribution >= 4 is 17.6 Å². The van der Waals surface area contributed by atoms with E-state index in [0.29, 0.717) is 13.0 Å². The molecule has 0 amide bonds. The number of rotatable bonds is 3. The van der Waals surface area contributed by atoms with Crippen LogP contribution >= 0.6 is 11.6 Å². The Bertz CT molecular complexity index is 86.1. The van der Waals surface area contributed by atoms with Crippen LogP contribution in [0.4, 0.5) is 0 Å². The van der Waals surface area contributed by atoms with Gasteiger partial charge in [0.2, 0.25) is 0 Å². The highest BCUT2D eigenvalue weighted by Crippen LogP contribution is 1.98. The third-order valence-electron chi connectivity index (χ3n) is 0.688. The predicted octanol–water partition coefficient (Wildman–Crippen LogP) is 0.0272. The van der Waals surface area contributed by atoms with Crippen LogP contribution in [0.15, 0.2) is 0 Å². The van der Waals surface area contributed by atoms with E-state index in [0.717, 1.165) is 0 Å². The molecule has 0 bridgehead atoms. The van der Waals surface area contributed by atoms with Crippen LogP contribution in [0.3, 0.4) is 0 Å². The minimum Gasteiger partial charge on any atom is -0.480 e. The highest BCUT2D eigenvalue weighted by molar-refractivity contribution is 6.29. The fraction of sp³-hybridized carbons (Fsp3) is 0.750. The lowest BCUT2D eigenvalue weighted by atomic mass is 10.3. The van der Waals surface area contributed by atoms with Crippen LogP contribution in [-0.2, 0) is 4.79 Å². The number of halogens is 1. The number of nitrogens with two attached hydrogens (primary N) is 1. The van der Waals surface area contributed by atoms with Gasteiger partial charge in [-0.15, -0.1) is 11.6 Å². The van der Waals surface area contributed by atoms with Crippen LogP contribution in [0.1, 0.15) is 6.42 Å². The maximum Gasteiger partial charge on any atom is 0.321 e. The lowest BCUT2D eigenvalue weighted by molar-refractivity contribution is -0.136. The number of alkyl halides is 1. The van der Waals surface area contributed by atoms with Crippen molar-refractivity contribution in [2.75, 3.05) is 6.54 Å². The lowest BCUT2D eigenvalue weighted by Gasteiger charge is -1.97. The molecule has 48 valence electrons. The summed E-state index contributed by atoms with van der Waals surface area (Å²) < 4.78 is 0. The van der Waals surface area contributed by atoms with Crippen LogP contribution in [-0.4, -0.2) is 23.0 Å². The molecule has 0 saturated carbocycles. The molecule has 4 heteroatoms. The van der Waals surface area contributed by atoms with E-state index in [2.05, 4.69) is 0 Å². The maximum absolute atomic E-state index is 9.90. The third-order valence-corrected chi connectivity index (χ3v) is 1.09. The molecule has 0 radical (unpaired) electrons. The molecule has 1 atom stereocenters. The first-order chi connectivity index (χ1) is 3.68. The molecular weight excluding hydrogens is 130 g/mol. The molecule has 0 aromatic heterocycles. The first kappa shape index (κ1) is 7.72. The molecular formula is C4H8ClNO2. The van der Waals surface area contributed by atoms with Gasteiger partial charge < -0.3 is 10.8 Å². The minimum absolute atomic E-state index is 0.320. The second kappa shape index (κ2) is 3.69. The number of carboxylic acids is 1. The molecule has 0 heterocycles. The fourth-order valence-electron chi connectivity index (χ4n) is 0.270. The van der Waals surface area contributed by atoms with Crippen molar-refractivity contribution in [2.24, 2.45) is 5.73 Å². The molecule has 3 nitrogen and oxygen atoms in total. The number of hydrogen-bond donors (Lipinski definition) is 2. The summed E-state index contributed by atoms with van der Waals surface area (Å²) >= 11 is 5.24. The van der Waals surface area contributed by atoms with Gasteiger partial charge in [-0.1, -0.05) is 0 Å². The SMILES string of the molecule is NCC[C@H](Cl)C(=O)O. The Hall–Kier alpha value is -0.280. The van der Waals surface area contributed by atoms with Gasteiger partial charge in [0.1, 0.15) is 5.38 Å². The largest absolute Gasteiger partial charge is 0.480 e. The highest BCUT2D eigenvalue weighted by Gasteiger charge is 2.10. The summed E-state index contributed by atoms with van der Waals surface area (Å²) in [5.41, 5.74) is 5.02. The summed E-state index contributed by atoms with van der Waals surface area (Å²) in [6.45, 7) is 0.320. The van der Waals surface area contributed by atoms with E-state index in [1.165, 1.54) is 0 Å². The fourth-order valence-corrected chi connectivity index (χ4v) is 0.396. The van der Waals surface area contributed by atoms with Gasteiger partial charge in [-0.2, -0.15) is 0 Å². The third kappa shape index (κ3) is 2.82. The van der Waals surface area contributed by atoms with Crippen molar-refractivity contribution in [2.45, 2.75) is 11.8 Å². The van der Waals surface area contributed by atoms with Crippen LogP contribution < -0.4 is 5.73 Å². The van der Waals surface area contributed by atoms with Gasteiger partial charge in [0.05, 0.1) is 0 Å². The van der Waals surface area contributed by atoms with Crippen molar-refractivity contribution in [3.63, 3.8) is 0 Å². The molecule has 0 saturated heterocycles. The monoisotopic (exact) mass is 137 g/mol. The number of carboxylic acid groups (broad SMARTS) is 1. The number of carbonyl (C=O) groups is 1. The molecule has 0 aliphatic heterocycles. The Morgan fingerprint density at radius 1 is 1.88 bits per heavy atom. The molecule has 3 N–H and O–H groups in total. The van der Waals surface area contributed by atoms with E-state index in [1.807, 2.05) is 0 Å². The van der Waals surface area contributed by atoms with Crippen molar-refractivity contribution < 1.29 is 9.90 Å². The smallest absolute Gasteiger partial charge is 0.321 e. The van der Waals surface area contributed by atoms with E-state index in [-0.39, 0.29) is 0 Å². The number of hydrogen-bond acceptors (Lipinski definition) is 2. The summed E-state index contributed by atoms with van der Waals surface area (Å²) in [6, 6.07) is 0. The first-order valence-corrected chi connectivity index (χ1v) is 2.69. The van der Waals surface area contributed by atoms with Crippen molar-refractivity contribution in [3.8, 4) is 0 Å². The zero-order valence-electron chi connectivity index (χ0n) is 4.30. The molecule has 0 fully saturated rings. The Morgan fingerprint density at radius 2 is 2.38 bits per heavy atom. The van der Waals surface area contributed by atoms with Gasteiger partial charge in [-0.05, 0) is 13.0 Å². The van der Waals surface area contributed by atoms with Crippen LogP contribution in [0.2, 0.25) is 0 Å². The minimum atomic E-state index is -1.00. The van der Waals surface area contributed by atoms with Gasteiger partial charge in [0, 0.05) is 0 Å². The van der Waals surface area contributed by atoms with E-state index < -0.39 is 11.3 Å². The molecule has 0 aromatic rings. The second-order valence-corrected chi connectivity index (χ2v) is 1.91. The normalized spacial score (nSPS) is 13.2. The standard InChI is InChI=1S/C4H8ClNO2/c5-3(1-2-6)4(7)8/h3H,1-2,6H2,(H,7,8)/t3-/m0/s1.